The normalized spacial score (nSPS) is 21.6. The lowest BCUT2D eigenvalue weighted by Crippen LogP contribution is -2.43. The van der Waals surface area contributed by atoms with E-state index in [0.29, 0.717) is 12.5 Å². The maximum atomic E-state index is 11.7. The molecule has 2 amide bonds. The van der Waals surface area contributed by atoms with Gasteiger partial charge in [-0.25, -0.2) is 4.79 Å². The number of amides is 2. The summed E-state index contributed by atoms with van der Waals surface area (Å²) in [6.07, 6.45) is -0.759. The van der Waals surface area contributed by atoms with Gasteiger partial charge in [0.2, 0.25) is 5.91 Å². The zero-order valence-electron chi connectivity index (χ0n) is 10.6. The minimum Gasteiger partial charge on any atom is -0.443 e. The van der Waals surface area contributed by atoms with Crippen molar-refractivity contribution >= 4 is 12.0 Å². The minimum atomic E-state index is -0.465. The summed E-state index contributed by atoms with van der Waals surface area (Å²) in [5.41, 5.74) is 5.41. The van der Waals surface area contributed by atoms with E-state index in [4.69, 9.17) is 10.5 Å². The third kappa shape index (κ3) is 3.89. The fourth-order valence-electron chi connectivity index (χ4n) is 1.47. The lowest BCUT2D eigenvalue weighted by atomic mass is 10.1. The van der Waals surface area contributed by atoms with Gasteiger partial charge in [-0.2, -0.15) is 0 Å². The smallest absolute Gasteiger partial charge is 0.410 e. The lowest BCUT2D eigenvalue weighted by Gasteiger charge is -2.19. The molecule has 1 saturated heterocycles. The van der Waals surface area contributed by atoms with E-state index in [1.807, 2.05) is 20.8 Å². The third-order valence-corrected chi connectivity index (χ3v) is 2.94. The Hall–Kier alpha value is -1.30. The second-order valence-corrected chi connectivity index (χ2v) is 4.72. The molecule has 1 aliphatic rings. The maximum absolute atomic E-state index is 11.7. The van der Waals surface area contributed by atoms with Crippen LogP contribution in [-0.2, 0) is 9.53 Å². The van der Waals surface area contributed by atoms with Crippen molar-refractivity contribution in [3.8, 4) is 0 Å². The molecule has 0 aromatic carbocycles. The van der Waals surface area contributed by atoms with Crippen molar-refractivity contribution in [1.29, 1.82) is 0 Å². The van der Waals surface area contributed by atoms with Gasteiger partial charge in [-0.15, -0.1) is 0 Å². The first-order valence-electron chi connectivity index (χ1n) is 5.89. The van der Waals surface area contributed by atoms with E-state index < -0.39 is 6.09 Å². The molecule has 0 radical (unpaired) electrons. The Kier molecular flexibility index (Phi) is 4.74. The highest BCUT2D eigenvalue weighted by Gasteiger charge is 2.31. The summed E-state index contributed by atoms with van der Waals surface area (Å²) in [5.74, 6) is 0.196. The molecule has 0 saturated carbocycles. The topological polar surface area (TPSA) is 84.7 Å². The average molecular weight is 243 g/mol. The molecule has 17 heavy (non-hydrogen) atoms. The summed E-state index contributed by atoms with van der Waals surface area (Å²) in [6, 6.07) is 0.0893. The third-order valence-electron chi connectivity index (χ3n) is 2.94. The first kappa shape index (κ1) is 13.8. The molecule has 0 aromatic heterocycles. The van der Waals surface area contributed by atoms with E-state index in [1.165, 1.54) is 4.90 Å². The number of rotatable bonds is 5. The van der Waals surface area contributed by atoms with Crippen molar-refractivity contribution in [3.05, 3.63) is 0 Å². The number of cyclic esters (lactones) is 1. The molecule has 6 heteroatoms. The van der Waals surface area contributed by atoms with Crippen LogP contribution in [0, 0.1) is 5.92 Å². The van der Waals surface area contributed by atoms with Gasteiger partial charge in [0.25, 0.3) is 0 Å². The fourth-order valence-corrected chi connectivity index (χ4v) is 1.47. The van der Waals surface area contributed by atoms with Crippen molar-refractivity contribution in [3.63, 3.8) is 0 Å². The Morgan fingerprint density at radius 2 is 2.24 bits per heavy atom. The molecule has 6 nitrogen and oxygen atoms in total. The molecule has 2 unspecified atom stereocenters. The van der Waals surface area contributed by atoms with Gasteiger partial charge in [0.05, 0.1) is 6.54 Å². The van der Waals surface area contributed by atoms with Crippen LogP contribution >= 0.6 is 0 Å². The fraction of sp³-hybridized carbons (Fsp3) is 0.818. The predicted molar refractivity (Wildman–Crippen MR) is 63.3 cm³/mol. The van der Waals surface area contributed by atoms with Crippen LogP contribution in [0.3, 0.4) is 0 Å². The Morgan fingerprint density at radius 3 is 2.71 bits per heavy atom. The van der Waals surface area contributed by atoms with Gasteiger partial charge in [0.1, 0.15) is 12.6 Å². The van der Waals surface area contributed by atoms with Gasteiger partial charge in [0, 0.05) is 12.6 Å². The van der Waals surface area contributed by atoms with Crippen molar-refractivity contribution in [2.24, 2.45) is 11.7 Å². The molecule has 1 rings (SSSR count). The molecule has 0 aromatic rings. The van der Waals surface area contributed by atoms with Gasteiger partial charge in [-0.05, 0) is 12.8 Å². The summed E-state index contributed by atoms with van der Waals surface area (Å²) in [7, 11) is 0. The molecule has 1 fully saturated rings. The second kappa shape index (κ2) is 5.86. The average Bonchev–Trinajstić information content (AvgIpc) is 2.59. The van der Waals surface area contributed by atoms with Crippen LogP contribution in [0.1, 0.15) is 20.8 Å². The van der Waals surface area contributed by atoms with E-state index in [-0.39, 0.29) is 31.1 Å². The van der Waals surface area contributed by atoms with Gasteiger partial charge < -0.3 is 15.8 Å². The predicted octanol–water partition coefficient (Wildman–Crippen LogP) is -0.0734. The summed E-state index contributed by atoms with van der Waals surface area (Å²) < 4.78 is 4.96. The highest BCUT2D eigenvalue weighted by molar-refractivity contribution is 5.83. The van der Waals surface area contributed by atoms with Crippen LogP contribution in [-0.4, -0.2) is 48.7 Å². The zero-order chi connectivity index (χ0) is 13.0. The van der Waals surface area contributed by atoms with Gasteiger partial charge in [-0.1, -0.05) is 13.8 Å². The lowest BCUT2D eigenvalue weighted by molar-refractivity contribution is -0.122. The molecule has 1 heterocycles. The van der Waals surface area contributed by atoms with Crippen LogP contribution in [0.2, 0.25) is 0 Å². The Bertz CT molecular complexity index is 294. The molecule has 3 N–H and O–H groups in total. The number of nitrogens with zero attached hydrogens (tertiary/aromatic N) is 1. The maximum Gasteiger partial charge on any atom is 0.410 e. The van der Waals surface area contributed by atoms with Crippen molar-refractivity contribution in [2.45, 2.75) is 32.9 Å². The van der Waals surface area contributed by atoms with Crippen molar-refractivity contribution < 1.29 is 14.3 Å². The number of carbonyl (C=O) groups is 2. The largest absolute Gasteiger partial charge is 0.443 e. The van der Waals surface area contributed by atoms with E-state index >= 15 is 0 Å². The highest BCUT2D eigenvalue weighted by Crippen LogP contribution is 2.09. The van der Waals surface area contributed by atoms with Crippen LogP contribution < -0.4 is 11.1 Å². The van der Waals surface area contributed by atoms with Crippen LogP contribution in [0.4, 0.5) is 4.79 Å². The molecular weight excluding hydrogens is 222 g/mol. The Morgan fingerprint density at radius 1 is 1.59 bits per heavy atom. The molecule has 0 spiro atoms. The zero-order valence-corrected chi connectivity index (χ0v) is 10.6. The minimum absolute atomic E-state index is 0.0341. The summed E-state index contributed by atoms with van der Waals surface area (Å²) in [5, 5.41) is 2.84. The molecule has 2 atom stereocenters. The number of hydrogen-bond donors (Lipinski definition) is 2. The molecule has 0 aliphatic carbocycles. The number of ether oxygens (including phenoxy) is 1. The Labute approximate surface area is 101 Å². The highest BCUT2D eigenvalue weighted by atomic mass is 16.6. The van der Waals surface area contributed by atoms with Crippen molar-refractivity contribution in [1.82, 2.24) is 10.2 Å². The van der Waals surface area contributed by atoms with Crippen LogP contribution in [0.5, 0.6) is 0 Å². The SMILES string of the molecule is CC(C)C(C)NC(=O)CN1CC(CN)OC1=O. The summed E-state index contributed by atoms with van der Waals surface area (Å²) >= 11 is 0. The first-order chi connectivity index (χ1) is 7.93. The Balaban J connectivity index is 2.39. The number of nitrogens with two attached hydrogens (primary N) is 1. The number of nitrogens with one attached hydrogen (secondary N) is 1. The van der Waals surface area contributed by atoms with Crippen LogP contribution in [0.25, 0.3) is 0 Å². The van der Waals surface area contributed by atoms with E-state index in [0.717, 1.165) is 0 Å². The summed E-state index contributed by atoms with van der Waals surface area (Å²) in [4.78, 5) is 24.4. The molecule has 0 bridgehead atoms. The van der Waals surface area contributed by atoms with Crippen LogP contribution in [0.15, 0.2) is 0 Å². The van der Waals surface area contributed by atoms with E-state index in [2.05, 4.69) is 5.32 Å². The van der Waals surface area contributed by atoms with Crippen molar-refractivity contribution in [2.75, 3.05) is 19.6 Å². The molecule has 1 aliphatic heterocycles. The van der Waals surface area contributed by atoms with Gasteiger partial charge in [-0.3, -0.25) is 9.69 Å². The van der Waals surface area contributed by atoms with E-state index in [1.54, 1.807) is 0 Å². The monoisotopic (exact) mass is 243 g/mol. The molecular formula is C11H21N3O3. The van der Waals surface area contributed by atoms with Gasteiger partial charge >= 0.3 is 6.09 Å². The number of hydrogen-bond acceptors (Lipinski definition) is 4. The number of carbonyl (C=O) groups excluding carboxylic acids is 2. The summed E-state index contributed by atoms with van der Waals surface area (Å²) in [6.45, 7) is 6.70. The quantitative estimate of drug-likeness (QED) is 0.707. The van der Waals surface area contributed by atoms with E-state index in [9.17, 15) is 9.59 Å². The first-order valence-corrected chi connectivity index (χ1v) is 5.89. The van der Waals surface area contributed by atoms with Gasteiger partial charge in [0.15, 0.2) is 0 Å². The molecule has 98 valence electrons. The second-order valence-electron chi connectivity index (χ2n) is 4.72. The standard InChI is InChI=1S/C11H21N3O3/c1-7(2)8(3)13-10(15)6-14-5-9(4-12)17-11(14)16/h7-9H,4-6,12H2,1-3H3,(H,13,15).